The van der Waals surface area contributed by atoms with E-state index < -0.39 is 5.97 Å². The summed E-state index contributed by atoms with van der Waals surface area (Å²) >= 11 is 1.44. The Morgan fingerprint density at radius 3 is 2.89 bits per heavy atom. The molecule has 2 N–H and O–H groups in total. The number of benzene rings is 2. The summed E-state index contributed by atoms with van der Waals surface area (Å²) in [6.45, 7) is 1.81. The van der Waals surface area contributed by atoms with Crippen molar-refractivity contribution in [3.8, 4) is 5.75 Å². The number of anilines is 2. The van der Waals surface area contributed by atoms with Gasteiger partial charge in [-0.2, -0.15) is 0 Å². The van der Waals surface area contributed by atoms with Crippen molar-refractivity contribution in [3.05, 3.63) is 48.0 Å². The van der Waals surface area contributed by atoms with Crippen molar-refractivity contribution in [2.75, 3.05) is 29.6 Å². The van der Waals surface area contributed by atoms with E-state index in [2.05, 4.69) is 10.6 Å². The van der Waals surface area contributed by atoms with Crippen LogP contribution in [0.3, 0.4) is 0 Å². The van der Waals surface area contributed by atoms with Crippen molar-refractivity contribution in [1.82, 2.24) is 0 Å². The van der Waals surface area contributed by atoms with E-state index in [4.69, 9.17) is 9.47 Å². The van der Waals surface area contributed by atoms with Gasteiger partial charge in [0.2, 0.25) is 5.91 Å². The second-order valence-electron chi connectivity index (χ2n) is 5.62. The summed E-state index contributed by atoms with van der Waals surface area (Å²) in [5.74, 6) is -0.0468. The molecule has 7 nitrogen and oxygen atoms in total. The first-order valence-corrected chi connectivity index (χ1v) is 9.30. The molecule has 1 heterocycles. The van der Waals surface area contributed by atoms with Gasteiger partial charge in [-0.25, -0.2) is 4.79 Å². The molecule has 1 aliphatic rings. The van der Waals surface area contributed by atoms with Crippen molar-refractivity contribution in [2.24, 2.45) is 0 Å². The molecule has 2 amide bonds. The van der Waals surface area contributed by atoms with Crippen LogP contribution in [0.15, 0.2) is 47.4 Å². The average Bonchev–Trinajstić information content (AvgIpc) is 2.66. The second-order valence-corrected chi connectivity index (χ2v) is 6.64. The van der Waals surface area contributed by atoms with Crippen LogP contribution in [0.4, 0.5) is 11.4 Å². The van der Waals surface area contributed by atoms with E-state index in [9.17, 15) is 14.4 Å². The average molecular weight is 386 g/mol. The van der Waals surface area contributed by atoms with Gasteiger partial charge in [0.15, 0.2) is 6.61 Å². The van der Waals surface area contributed by atoms with Crippen LogP contribution < -0.4 is 15.4 Å². The maximum absolute atomic E-state index is 12.5. The molecule has 2 aromatic carbocycles. The molecular weight excluding hydrogens is 368 g/mol. The Morgan fingerprint density at radius 1 is 1.22 bits per heavy atom. The third-order valence-corrected chi connectivity index (χ3v) is 4.70. The fraction of sp³-hybridized carbons (Fsp3) is 0.211. The van der Waals surface area contributed by atoms with Crippen molar-refractivity contribution < 1.29 is 23.9 Å². The van der Waals surface area contributed by atoms with Crippen molar-refractivity contribution in [3.63, 3.8) is 0 Å². The molecule has 140 valence electrons. The first kappa shape index (κ1) is 18.8. The summed E-state index contributed by atoms with van der Waals surface area (Å²) < 4.78 is 10.2. The molecule has 0 radical (unpaired) electrons. The highest BCUT2D eigenvalue weighted by molar-refractivity contribution is 8.00. The van der Waals surface area contributed by atoms with Gasteiger partial charge in [-0.3, -0.25) is 9.59 Å². The number of carbonyl (C=O) groups excluding carboxylic acids is 3. The van der Waals surface area contributed by atoms with Gasteiger partial charge in [0.1, 0.15) is 5.75 Å². The van der Waals surface area contributed by atoms with Gasteiger partial charge in [-0.1, -0.05) is 6.07 Å². The molecule has 2 aromatic rings. The summed E-state index contributed by atoms with van der Waals surface area (Å²) in [5.41, 5.74) is 1.59. The van der Waals surface area contributed by atoms with E-state index in [1.165, 1.54) is 11.8 Å². The fourth-order valence-corrected chi connectivity index (χ4v) is 3.22. The zero-order valence-electron chi connectivity index (χ0n) is 14.6. The molecule has 0 saturated heterocycles. The first-order chi connectivity index (χ1) is 13.0. The highest BCUT2D eigenvalue weighted by atomic mass is 32.2. The lowest BCUT2D eigenvalue weighted by Crippen LogP contribution is -2.20. The van der Waals surface area contributed by atoms with Crippen LogP contribution in [0.25, 0.3) is 0 Å². The number of thioether (sulfide) groups is 1. The van der Waals surface area contributed by atoms with E-state index >= 15 is 0 Å². The lowest BCUT2D eigenvalue weighted by atomic mass is 10.1. The predicted octanol–water partition coefficient (Wildman–Crippen LogP) is 2.93. The number of hydrogen-bond acceptors (Lipinski definition) is 6. The van der Waals surface area contributed by atoms with E-state index in [1.807, 2.05) is 6.07 Å². The molecule has 0 fully saturated rings. The topological polar surface area (TPSA) is 93.7 Å². The van der Waals surface area contributed by atoms with Crippen LogP contribution >= 0.6 is 11.8 Å². The van der Waals surface area contributed by atoms with Gasteiger partial charge >= 0.3 is 5.97 Å². The van der Waals surface area contributed by atoms with Gasteiger partial charge in [0.25, 0.3) is 5.91 Å². The SMILES string of the molecule is CCOC(=O)COc1cccc(NC(=O)c2ccc3c(c2)NC(=O)CS3)c1. The third-order valence-electron chi connectivity index (χ3n) is 3.63. The Hall–Kier alpha value is -3.00. The quantitative estimate of drug-likeness (QED) is 0.742. The van der Waals surface area contributed by atoms with Crippen molar-refractivity contribution >= 4 is 40.9 Å². The lowest BCUT2D eigenvalue weighted by Gasteiger charge is -2.17. The molecule has 0 bridgehead atoms. The summed E-state index contributed by atoms with van der Waals surface area (Å²) in [6.07, 6.45) is 0. The molecule has 0 atom stereocenters. The molecule has 3 rings (SSSR count). The Bertz CT molecular complexity index is 884. The summed E-state index contributed by atoms with van der Waals surface area (Å²) in [4.78, 5) is 36.3. The summed E-state index contributed by atoms with van der Waals surface area (Å²) in [5, 5.41) is 5.54. The molecule has 0 saturated carbocycles. The summed E-state index contributed by atoms with van der Waals surface area (Å²) in [7, 11) is 0. The molecule has 0 unspecified atom stereocenters. The van der Waals surface area contributed by atoms with E-state index in [0.717, 1.165) is 4.90 Å². The third kappa shape index (κ3) is 5.01. The molecule has 1 aliphatic heterocycles. The minimum atomic E-state index is -0.457. The highest BCUT2D eigenvalue weighted by Crippen LogP contribution is 2.32. The maximum Gasteiger partial charge on any atom is 0.344 e. The number of ether oxygens (including phenoxy) is 2. The van der Waals surface area contributed by atoms with Crippen LogP contribution in [0.1, 0.15) is 17.3 Å². The van der Waals surface area contributed by atoms with Gasteiger partial charge in [-0.15, -0.1) is 11.8 Å². The smallest absolute Gasteiger partial charge is 0.344 e. The molecular formula is C19H18N2O5S. The Labute approximate surface area is 160 Å². The van der Waals surface area contributed by atoms with Crippen molar-refractivity contribution in [2.45, 2.75) is 11.8 Å². The molecule has 0 spiro atoms. The first-order valence-electron chi connectivity index (χ1n) is 8.31. The largest absolute Gasteiger partial charge is 0.482 e. The number of fused-ring (bicyclic) bond motifs is 1. The Kier molecular flexibility index (Phi) is 5.97. The molecule has 0 aromatic heterocycles. The number of esters is 1. The monoisotopic (exact) mass is 386 g/mol. The minimum absolute atomic E-state index is 0.0866. The molecule has 8 heteroatoms. The maximum atomic E-state index is 12.5. The molecule has 27 heavy (non-hydrogen) atoms. The fourth-order valence-electron chi connectivity index (χ4n) is 2.44. The predicted molar refractivity (Wildman–Crippen MR) is 102 cm³/mol. The van der Waals surface area contributed by atoms with Gasteiger partial charge in [0.05, 0.1) is 18.0 Å². The second kappa shape index (κ2) is 8.59. The Balaban J connectivity index is 1.66. The van der Waals surface area contributed by atoms with Crippen LogP contribution in [0.5, 0.6) is 5.75 Å². The zero-order valence-corrected chi connectivity index (χ0v) is 15.4. The Morgan fingerprint density at radius 2 is 2.07 bits per heavy atom. The van der Waals surface area contributed by atoms with Crippen LogP contribution in [0, 0.1) is 0 Å². The minimum Gasteiger partial charge on any atom is -0.482 e. The molecule has 0 aliphatic carbocycles. The lowest BCUT2D eigenvalue weighted by molar-refractivity contribution is -0.145. The number of nitrogens with one attached hydrogen (secondary N) is 2. The van der Waals surface area contributed by atoms with Crippen LogP contribution in [-0.4, -0.2) is 36.8 Å². The van der Waals surface area contributed by atoms with Gasteiger partial charge in [-0.05, 0) is 37.3 Å². The zero-order chi connectivity index (χ0) is 19.2. The van der Waals surface area contributed by atoms with Gasteiger partial charge < -0.3 is 20.1 Å². The summed E-state index contributed by atoms with van der Waals surface area (Å²) in [6, 6.07) is 11.9. The normalized spacial score (nSPS) is 12.6. The van der Waals surface area contributed by atoms with E-state index in [-0.39, 0.29) is 25.0 Å². The van der Waals surface area contributed by atoms with Crippen LogP contribution in [-0.2, 0) is 14.3 Å². The van der Waals surface area contributed by atoms with Gasteiger partial charge in [0, 0.05) is 22.2 Å². The number of rotatable bonds is 6. The standard InChI is InChI=1S/C19H18N2O5S/c1-2-25-18(23)10-26-14-5-3-4-13(9-14)20-19(24)12-6-7-16-15(8-12)21-17(22)11-27-16/h3-9H,2,10-11H2,1H3,(H,20,24)(H,21,22). The number of hydrogen-bond donors (Lipinski definition) is 2. The van der Waals surface area contributed by atoms with Crippen LogP contribution in [0.2, 0.25) is 0 Å². The van der Waals surface area contributed by atoms with Crippen molar-refractivity contribution in [1.29, 1.82) is 0 Å². The van der Waals surface area contributed by atoms with E-state index in [1.54, 1.807) is 43.3 Å². The number of amides is 2. The van der Waals surface area contributed by atoms with E-state index in [0.29, 0.717) is 28.4 Å². The number of carbonyl (C=O) groups is 3. The highest BCUT2D eigenvalue weighted by Gasteiger charge is 2.17.